The monoisotopic (exact) mass is 293 g/mol. The van der Waals surface area contributed by atoms with Crippen molar-refractivity contribution in [3.63, 3.8) is 0 Å². The third kappa shape index (κ3) is 4.95. The van der Waals surface area contributed by atoms with Gasteiger partial charge in [-0.1, -0.05) is 0 Å². The van der Waals surface area contributed by atoms with E-state index in [1.54, 1.807) is 25.6 Å². The molecular weight excluding hydrogens is 270 g/mol. The minimum atomic E-state index is 0.154. The summed E-state index contributed by atoms with van der Waals surface area (Å²) in [6.07, 6.45) is 4.40. The van der Waals surface area contributed by atoms with Crippen LogP contribution in [0, 0.1) is 0 Å². The molecule has 0 aromatic carbocycles. The van der Waals surface area contributed by atoms with Crippen molar-refractivity contribution in [2.75, 3.05) is 57.9 Å². The number of anilines is 1. The number of ether oxygens (including phenoxy) is 1. The van der Waals surface area contributed by atoms with Crippen LogP contribution in [0.25, 0.3) is 0 Å². The molecule has 0 spiro atoms. The molecule has 1 N–H and O–H groups in total. The molecule has 7 nitrogen and oxygen atoms in total. The second kappa shape index (κ2) is 8.53. The van der Waals surface area contributed by atoms with Crippen molar-refractivity contribution in [2.24, 2.45) is 0 Å². The molecule has 2 heterocycles. The summed E-state index contributed by atoms with van der Waals surface area (Å²) < 4.78 is 4.97. The van der Waals surface area contributed by atoms with Gasteiger partial charge in [-0.05, 0) is 19.0 Å². The van der Waals surface area contributed by atoms with E-state index in [9.17, 15) is 4.79 Å². The topological polar surface area (TPSA) is 70.6 Å². The van der Waals surface area contributed by atoms with Crippen LogP contribution >= 0.6 is 0 Å². The summed E-state index contributed by atoms with van der Waals surface area (Å²) in [5.41, 5.74) is 0. The van der Waals surface area contributed by atoms with E-state index in [0.29, 0.717) is 6.54 Å². The third-order valence-corrected chi connectivity index (χ3v) is 3.45. The molecule has 1 aliphatic heterocycles. The van der Waals surface area contributed by atoms with Gasteiger partial charge >= 0.3 is 0 Å². The zero-order valence-corrected chi connectivity index (χ0v) is 12.5. The van der Waals surface area contributed by atoms with E-state index in [4.69, 9.17) is 4.74 Å². The number of hydrogen-bond donors (Lipinski definition) is 1. The number of rotatable bonds is 7. The molecule has 1 saturated heterocycles. The zero-order chi connectivity index (χ0) is 14.9. The number of carbonyl (C=O) groups excluding carboxylic acids is 1. The van der Waals surface area contributed by atoms with Gasteiger partial charge in [0.25, 0.3) is 0 Å². The summed E-state index contributed by atoms with van der Waals surface area (Å²) in [6, 6.07) is 1.80. The Morgan fingerprint density at radius 2 is 2.00 bits per heavy atom. The molecule has 0 bridgehead atoms. The molecule has 2 rings (SSSR count). The molecule has 21 heavy (non-hydrogen) atoms. The standard InChI is InChI=1S/C14H23N5O2/c1-21-11-3-4-15-12-13(20)18-7-9-19(10-8-18)14-16-5-2-6-17-14/h2,5-6,15H,3-4,7-12H2,1H3. The van der Waals surface area contributed by atoms with E-state index in [-0.39, 0.29) is 5.91 Å². The molecule has 1 amide bonds. The minimum Gasteiger partial charge on any atom is -0.385 e. The lowest BCUT2D eigenvalue weighted by Crippen LogP contribution is -2.51. The number of carbonyl (C=O) groups is 1. The number of piperazine rings is 1. The summed E-state index contributed by atoms with van der Waals surface area (Å²) in [4.78, 5) is 24.5. The van der Waals surface area contributed by atoms with E-state index in [1.165, 1.54) is 0 Å². The lowest BCUT2D eigenvalue weighted by Gasteiger charge is -2.34. The molecule has 0 radical (unpaired) electrons. The Kier molecular flexibility index (Phi) is 6.36. The van der Waals surface area contributed by atoms with Crippen LogP contribution in [0.1, 0.15) is 6.42 Å². The highest BCUT2D eigenvalue weighted by Crippen LogP contribution is 2.09. The van der Waals surface area contributed by atoms with E-state index in [1.807, 2.05) is 4.90 Å². The maximum Gasteiger partial charge on any atom is 0.236 e. The van der Waals surface area contributed by atoms with Crippen molar-refractivity contribution in [1.82, 2.24) is 20.2 Å². The van der Waals surface area contributed by atoms with E-state index >= 15 is 0 Å². The largest absolute Gasteiger partial charge is 0.385 e. The van der Waals surface area contributed by atoms with Crippen molar-refractivity contribution < 1.29 is 9.53 Å². The first-order chi connectivity index (χ1) is 10.3. The predicted molar refractivity (Wildman–Crippen MR) is 80.2 cm³/mol. The van der Waals surface area contributed by atoms with Gasteiger partial charge in [-0.25, -0.2) is 9.97 Å². The summed E-state index contributed by atoms with van der Waals surface area (Å²) in [5.74, 6) is 0.892. The zero-order valence-electron chi connectivity index (χ0n) is 12.5. The molecule has 0 saturated carbocycles. The van der Waals surface area contributed by atoms with Crippen molar-refractivity contribution >= 4 is 11.9 Å². The molecule has 1 fully saturated rings. The fourth-order valence-electron chi connectivity index (χ4n) is 2.26. The van der Waals surface area contributed by atoms with E-state index in [2.05, 4.69) is 20.2 Å². The number of nitrogens with zero attached hydrogens (tertiary/aromatic N) is 4. The maximum atomic E-state index is 12.1. The average Bonchev–Trinajstić information content (AvgIpc) is 2.55. The van der Waals surface area contributed by atoms with Crippen LogP contribution < -0.4 is 10.2 Å². The van der Waals surface area contributed by atoms with Crippen molar-refractivity contribution in [3.05, 3.63) is 18.5 Å². The summed E-state index contributed by atoms with van der Waals surface area (Å²) in [7, 11) is 1.68. The minimum absolute atomic E-state index is 0.154. The normalized spacial score (nSPS) is 15.3. The summed E-state index contributed by atoms with van der Waals surface area (Å²) in [6.45, 7) is 4.91. The van der Waals surface area contributed by atoms with Crippen LogP contribution in [-0.2, 0) is 9.53 Å². The molecule has 1 aliphatic rings. The summed E-state index contributed by atoms with van der Waals surface area (Å²) in [5, 5.41) is 3.15. The van der Waals surface area contributed by atoms with Gasteiger partial charge in [-0.2, -0.15) is 0 Å². The number of amides is 1. The van der Waals surface area contributed by atoms with Gasteiger partial charge in [0.05, 0.1) is 6.54 Å². The number of methoxy groups -OCH3 is 1. The molecule has 1 aromatic heterocycles. The van der Waals surface area contributed by atoms with Crippen LogP contribution in [0.3, 0.4) is 0 Å². The SMILES string of the molecule is COCCCNCC(=O)N1CCN(c2ncccn2)CC1. The number of nitrogens with one attached hydrogen (secondary N) is 1. The number of aromatic nitrogens is 2. The average molecular weight is 293 g/mol. The third-order valence-electron chi connectivity index (χ3n) is 3.45. The van der Waals surface area contributed by atoms with Crippen LogP contribution in [0.15, 0.2) is 18.5 Å². The highest BCUT2D eigenvalue weighted by molar-refractivity contribution is 5.78. The van der Waals surface area contributed by atoms with Gasteiger partial charge in [0.2, 0.25) is 11.9 Å². The quantitative estimate of drug-likeness (QED) is 0.699. The van der Waals surface area contributed by atoms with E-state index < -0.39 is 0 Å². The van der Waals surface area contributed by atoms with Crippen LogP contribution in [0.4, 0.5) is 5.95 Å². The summed E-state index contributed by atoms with van der Waals surface area (Å²) >= 11 is 0. The maximum absolute atomic E-state index is 12.1. The van der Waals surface area contributed by atoms with Gasteiger partial charge in [0.15, 0.2) is 0 Å². The smallest absolute Gasteiger partial charge is 0.236 e. The lowest BCUT2D eigenvalue weighted by molar-refractivity contribution is -0.130. The van der Waals surface area contributed by atoms with Gasteiger partial charge in [0, 0.05) is 52.3 Å². The Hall–Kier alpha value is -1.73. The first-order valence-electron chi connectivity index (χ1n) is 7.30. The first kappa shape index (κ1) is 15.7. The van der Waals surface area contributed by atoms with Gasteiger partial charge in [-0.3, -0.25) is 4.79 Å². The Balaban J connectivity index is 1.67. The van der Waals surface area contributed by atoms with Crippen molar-refractivity contribution in [2.45, 2.75) is 6.42 Å². The van der Waals surface area contributed by atoms with Gasteiger partial charge in [-0.15, -0.1) is 0 Å². The first-order valence-corrected chi connectivity index (χ1v) is 7.30. The fourth-order valence-corrected chi connectivity index (χ4v) is 2.26. The fraction of sp³-hybridized carbons (Fsp3) is 0.643. The Morgan fingerprint density at radius 1 is 1.29 bits per heavy atom. The second-order valence-corrected chi connectivity index (χ2v) is 4.94. The lowest BCUT2D eigenvalue weighted by atomic mass is 10.3. The van der Waals surface area contributed by atoms with Crippen molar-refractivity contribution in [1.29, 1.82) is 0 Å². The van der Waals surface area contributed by atoms with Crippen molar-refractivity contribution in [3.8, 4) is 0 Å². The van der Waals surface area contributed by atoms with Crippen LogP contribution in [-0.4, -0.2) is 73.8 Å². The van der Waals surface area contributed by atoms with Crippen LogP contribution in [0.2, 0.25) is 0 Å². The second-order valence-electron chi connectivity index (χ2n) is 4.94. The Bertz CT molecular complexity index is 421. The molecule has 116 valence electrons. The molecule has 7 heteroatoms. The van der Waals surface area contributed by atoms with E-state index in [0.717, 1.165) is 51.7 Å². The predicted octanol–water partition coefficient (Wildman–Crippen LogP) is -0.249. The van der Waals surface area contributed by atoms with Gasteiger partial charge in [0.1, 0.15) is 0 Å². The van der Waals surface area contributed by atoms with Crippen LogP contribution in [0.5, 0.6) is 0 Å². The molecule has 0 unspecified atom stereocenters. The highest BCUT2D eigenvalue weighted by Gasteiger charge is 2.21. The Morgan fingerprint density at radius 3 is 2.67 bits per heavy atom. The molecular formula is C14H23N5O2. The number of hydrogen-bond acceptors (Lipinski definition) is 6. The Labute approximate surface area is 125 Å². The highest BCUT2D eigenvalue weighted by atomic mass is 16.5. The molecule has 1 aromatic rings. The molecule has 0 atom stereocenters. The van der Waals surface area contributed by atoms with Gasteiger partial charge < -0.3 is 19.9 Å². The molecule has 0 aliphatic carbocycles.